The summed E-state index contributed by atoms with van der Waals surface area (Å²) in [4.78, 5) is 0. The molecule has 0 saturated heterocycles. The lowest BCUT2D eigenvalue weighted by atomic mass is 9.64. The zero-order valence-corrected chi connectivity index (χ0v) is 13.4. The third kappa shape index (κ3) is 3.52. The van der Waals surface area contributed by atoms with Crippen LogP contribution in [0.25, 0.3) is 0 Å². The third-order valence-electron chi connectivity index (χ3n) is 5.74. The summed E-state index contributed by atoms with van der Waals surface area (Å²) >= 11 is 0. The molecule has 0 amide bonds. The van der Waals surface area contributed by atoms with Crippen LogP contribution in [0, 0.1) is 17.3 Å². The molecule has 2 unspecified atom stereocenters. The van der Waals surface area contributed by atoms with E-state index in [0.29, 0.717) is 17.6 Å². The monoisotopic (exact) mass is 267 g/mol. The summed E-state index contributed by atoms with van der Waals surface area (Å²) in [6.45, 7) is 11.2. The van der Waals surface area contributed by atoms with Crippen LogP contribution in [0.2, 0.25) is 0 Å². The van der Waals surface area contributed by atoms with Crippen LogP contribution in [-0.4, -0.2) is 25.3 Å². The van der Waals surface area contributed by atoms with Crippen molar-refractivity contribution in [2.24, 2.45) is 17.3 Å². The fourth-order valence-electron chi connectivity index (χ4n) is 3.87. The maximum atomic E-state index is 5.80. The van der Waals surface area contributed by atoms with Crippen molar-refractivity contribution >= 4 is 0 Å². The Morgan fingerprint density at radius 3 is 2.21 bits per heavy atom. The fraction of sp³-hybridized carbons (Fsp3) is 1.00. The van der Waals surface area contributed by atoms with E-state index in [1.54, 1.807) is 0 Å². The van der Waals surface area contributed by atoms with E-state index in [1.807, 2.05) is 0 Å². The zero-order valence-electron chi connectivity index (χ0n) is 13.4. The van der Waals surface area contributed by atoms with Crippen LogP contribution in [-0.2, 0) is 4.74 Å². The second-order valence-electron chi connectivity index (χ2n) is 7.26. The Morgan fingerprint density at radius 1 is 1.05 bits per heavy atom. The smallest absolute Gasteiger partial charge is 0.0655 e. The lowest BCUT2D eigenvalue weighted by Crippen LogP contribution is -2.61. The van der Waals surface area contributed by atoms with Gasteiger partial charge in [-0.1, -0.05) is 40.0 Å². The molecule has 112 valence electrons. The van der Waals surface area contributed by atoms with Crippen molar-refractivity contribution in [1.82, 2.24) is 5.32 Å². The molecule has 0 aromatic rings. The van der Waals surface area contributed by atoms with Crippen LogP contribution >= 0.6 is 0 Å². The zero-order chi connectivity index (χ0) is 13.9. The summed E-state index contributed by atoms with van der Waals surface area (Å²) < 4.78 is 5.80. The molecule has 0 radical (unpaired) electrons. The number of hydrogen-bond acceptors (Lipinski definition) is 2. The molecule has 1 N–H and O–H groups in total. The lowest BCUT2D eigenvalue weighted by molar-refractivity contribution is -0.114. The van der Waals surface area contributed by atoms with Crippen LogP contribution in [0.3, 0.4) is 0 Å². The van der Waals surface area contributed by atoms with Crippen molar-refractivity contribution in [3.63, 3.8) is 0 Å². The second kappa shape index (κ2) is 6.58. The Labute approximate surface area is 119 Å². The van der Waals surface area contributed by atoms with Gasteiger partial charge in [-0.25, -0.2) is 0 Å². The second-order valence-corrected chi connectivity index (χ2v) is 7.26. The van der Waals surface area contributed by atoms with Gasteiger partial charge in [-0.3, -0.25) is 0 Å². The minimum absolute atomic E-state index is 0.316. The SMILES string of the molecule is CCOC1CC(NCC2CCC(CC)CC2)C1(C)C. The topological polar surface area (TPSA) is 21.3 Å². The highest BCUT2D eigenvalue weighted by molar-refractivity contribution is 5.02. The van der Waals surface area contributed by atoms with E-state index in [4.69, 9.17) is 4.74 Å². The molecule has 19 heavy (non-hydrogen) atoms. The molecule has 0 heterocycles. The highest BCUT2D eigenvalue weighted by Gasteiger charge is 2.48. The highest BCUT2D eigenvalue weighted by atomic mass is 16.5. The summed E-state index contributed by atoms with van der Waals surface area (Å²) in [5.74, 6) is 1.93. The third-order valence-corrected chi connectivity index (χ3v) is 5.74. The summed E-state index contributed by atoms with van der Waals surface area (Å²) in [7, 11) is 0. The quantitative estimate of drug-likeness (QED) is 0.785. The normalized spacial score (nSPS) is 37.9. The predicted octanol–water partition coefficient (Wildman–Crippen LogP) is 4.00. The molecule has 2 aliphatic rings. The van der Waals surface area contributed by atoms with E-state index in [9.17, 15) is 0 Å². The van der Waals surface area contributed by atoms with Gasteiger partial charge in [-0.15, -0.1) is 0 Å². The molecule has 2 rings (SSSR count). The first kappa shape index (κ1) is 15.3. The molecule has 2 saturated carbocycles. The summed E-state index contributed by atoms with van der Waals surface area (Å²) in [6, 6.07) is 0.660. The molecule has 0 aliphatic heterocycles. The van der Waals surface area contributed by atoms with Crippen LogP contribution in [0.4, 0.5) is 0 Å². The Balaban J connectivity index is 1.67. The minimum Gasteiger partial charge on any atom is -0.378 e. The Bertz CT molecular complexity index is 268. The van der Waals surface area contributed by atoms with Crippen LogP contribution in [0.15, 0.2) is 0 Å². The van der Waals surface area contributed by atoms with Crippen LogP contribution < -0.4 is 5.32 Å². The minimum atomic E-state index is 0.316. The van der Waals surface area contributed by atoms with Gasteiger partial charge in [-0.2, -0.15) is 0 Å². The molecule has 0 bridgehead atoms. The van der Waals surface area contributed by atoms with Gasteiger partial charge < -0.3 is 10.1 Å². The average Bonchev–Trinajstić information content (AvgIpc) is 2.42. The Morgan fingerprint density at radius 2 is 1.68 bits per heavy atom. The molecule has 0 aromatic carbocycles. The number of rotatable bonds is 6. The highest BCUT2D eigenvalue weighted by Crippen LogP contribution is 2.43. The van der Waals surface area contributed by atoms with Gasteiger partial charge in [0.2, 0.25) is 0 Å². The molecule has 2 atom stereocenters. The predicted molar refractivity (Wildman–Crippen MR) is 81.3 cm³/mol. The molecule has 2 fully saturated rings. The van der Waals surface area contributed by atoms with E-state index in [1.165, 1.54) is 45.1 Å². The number of hydrogen-bond donors (Lipinski definition) is 1. The van der Waals surface area contributed by atoms with Gasteiger partial charge in [-0.05, 0) is 44.6 Å². The van der Waals surface area contributed by atoms with Crippen molar-refractivity contribution in [2.75, 3.05) is 13.2 Å². The van der Waals surface area contributed by atoms with Gasteiger partial charge in [0.15, 0.2) is 0 Å². The molecule has 0 aromatic heterocycles. The maximum absolute atomic E-state index is 5.80. The van der Waals surface area contributed by atoms with Gasteiger partial charge in [0.1, 0.15) is 0 Å². The van der Waals surface area contributed by atoms with Crippen molar-refractivity contribution in [2.45, 2.75) is 78.4 Å². The van der Waals surface area contributed by atoms with Gasteiger partial charge in [0, 0.05) is 18.1 Å². The first-order chi connectivity index (χ1) is 9.07. The first-order valence-electron chi connectivity index (χ1n) is 8.42. The van der Waals surface area contributed by atoms with Crippen molar-refractivity contribution in [1.29, 1.82) is 0 Å². The fourth-order valence-corrected chi connectivity index (χ4v) is 3.87. The largest absolute Gasteiger partial charge is 0.378 e. The van der Waals surface area contributed by atoms with Crippen molar-refractivity contribution < 1.29 is 4.74 Å². The average molecular weight is 267 g/mol. The van der Waals surface area contributed by atoms with Crippen LogP contribution in [0.5, 0.6) is 0 Å². The molecular weight excluding hydrogens is 234 g/mol. The number of ether oxygens (including phenoxy) is 1. The molecular formula is C17H33NO. The first-order valence-corrected chi connectivity index (χ1v) is 8.42. The van der Waals surface area contributed by atoms with Crippen molar-refractivity contribution in [3.8, 4) is 0 Å². The van der Waals surface area contributed by atoms with E-state index in [2.05, 4.69) is 33.0 Å². The van der Waals surface area contributed by atoms with Crippen LogP contribution in [0.1, 0.15) is 66.2 Å². The van der Waals surface area contributed by atoms with E-state index >= 15 is 0 Å². The summed E-state index contributed by atoms with van der Waals surface area (Å²) in [5.41, 5.74) is 0.316. The molecule has 0 spiro atoms. The van der Waals surface area contributed by atoms with Gasteiger partial charge in [0.05, 0.1) is 6.10 Å². The maximum Gasteiger partial charge on any atom is 0.0655 e. The number of nitrogens with one attached hydrogen (secondary N) is 1. The lowest BCUT2D eigenvalue weighted by Gasteiger charge is -2.52. The van der Waals surface area contributed by atoms with Gasteiger partial charge >= 0.3 is 0 Å². The molecule has 2 aliphatic carbocycles. The molecule has 2 nitrogen and oxygen atoms in total. The standard InChI is InChI=1S/C17H33NO/c1-5-13-7-9-14(10-8-13)12-18-15-11-16(19-6-2)17(15,3)4/h13-16,18H,5-12H2,1-4H3. The molecule has 2 heteroatoms. The van der Waals surface area contributed by atoms with E-state index in [-0.39, 0.29) is 0 Å². The Hall–Kier alpha value is -0.0800. The van der Waals surface area contributed by atoms with E-state index < -0.39 is 0 Å². The van der Waals surface area contributed by atoms with E-state index in [0.717, 1.165) is 18.4 Å². The summed E-state index contributed by atoms with van der Waals surface area (Å²) in [5, 5.41) is 3.82. The summed E-state index contributed by atoms with van der Waals surface area (Å²) in [6.07, 6.45) is 8.83. The Kier molecular flexibility index (Phi) is 5.30. The van der Waals surface area contributed by atoms with Crippen molar-refractivity contribution in [3.05, 3.63) is 0 Å². The van der Waals surface area contributed by atoms with Gasteiger partial charge in [0.25, 0.3) is 0 Å².